The van der Waals surface area contributed by atoms with Crippen LogP contribution in [0.15, 0.2) is 56.8 Å². The summed E-state index contributed by atoms with van der Waals surface area (Å²) in [7, 11) is 0. The number of carbonyl (C=O) groups excluding carboxylic acids is 1. The lowest BCUT2D eigenvalue weighted by Gasteiger charge is -2.26. The maximum absolute atomic E-state index is 12.5. The van der Waals surface area contributed by atoms with Gasteiger partial charge in [0.1, 0.15) is 11.7 Å². The van der Waals surface area contributed by atoms with E-state index in [4.69, 9.17) is 9.98 Å². The monoisotopic (exact) mass is 504 g/mol. The highest BCUT2D eigenvalue weighted by Gasteiger charge is 2.44. The van der Waals surface area contributed by atoms with Gasteiger partial charge >= 0.3 is 0 Å². The zero-order valence-corrected chi connectivity index (χ0v) is 21.6. The minimum absolute atomic E-state index is 0.0697. The predicted molar refractivity (Wildman–Crippen MR) is 142 cm³/mol. The number of hydrogen-bond donors (Lipinski definition) is 1. The van der Waals surface area contributed by atoms with Crippen molar-refractivity contribution in [2.24, 2.45) is 4.99 Å². The van der Waals surface area contributed by atoms with E-state index in [1.165, 1.54) is 42.3 Å². The Balaban J connectivity index is 1.22. The number of benzene rings is 1. The van der Waals surface area contributed by atoms with Gasteiger partial charge in [-0.3, -0.25) is 14.2 Å². The van der Waals surface area contributed by atoms with Crippen molar-refractivity contribution in [1.82, 2.24) is 19.6 Å². The fraction of sp³-hybridized carbons (Fsp3) is 0.423. The van der Waals surface area contributed by atoms with E-state index in [1.54, 1.807) is 17.3 Å². The number of hydrogen-bond acceptors (Lipinski definition) is 7. The van der Waals surface area contributed by atoms with Crippen LogP contribution in [0, 0.1) is 6.92 Å². The standard InChI is InChI=1S/C26H28N6OS2/c1-3-4-8-19-17-6-5-7-18(17)21-22-23(35-25(21)29-19)24-30-31-26(32(24)14-27-22)34-13-20(33)28-16-11-9-15(2)10-12-16/h9-12,14,21,25H,3-8,13H2,1-2H3,(H,28,33)/t21-,25-/m0/s1. The van der Waals surface area contributed by atoms with Gasteiger partial charge in [0.2, 0.25) is 5.91 Å². The molecule has 3 aliphatic rings. The molecule has 9 heteroatoms. The number of dihydropyridines is 1. The van der Waals surface area contributed by atoms with E-state index in [-0.39, 0.29) is 23.0 Å². The molecule has 35 heavy (non-hydrogen) atoms. The molecule has 0 radical (unpaired) electrons. The second-order valence-corrected chi connectivity index (χ2v) is 11.4. The van der Waals surface area contributed by atoms with Crippen LogP contribution in [0.4, 0.5) is 5.69 Å². The third-order valence-corrected chi connectivity index (χ3v) is 9.12. The molecule has 4 heterocycles. The van der Waals surface area contributed by atoms with Crippen molar-refractivity contribution in [1.29, 1.82) is 0 Å². The normalized spacial score (nSPS) is 20.6. The first-order valence-electron chi connectivity index (χ1n) is 12.3. The van der Waals surface area contributed by atoms with Crippen molar-refractivity contribution in [3.8, 4) is 0 Å². The van der Waals surface area contributed by atoms with Gasteiger partial charge in [-0.25, -0.2) is 4.98 Å². The number of thioether (sulfide) groups is 2. The maximum atomic E-state index is 12.5. The number of allylic oxidation sites excluding steroid dienone is 1. The van der Waals surface area contributed by atoms with Gasteiger partial charge < -0.3 is 5.32 Å². The molecule has 0 unspecified atom stereocenters. The van der Waals surface area contributed by atoms with Gasteiger partial charge in [-0.05, 0) is 56.7 Å². The van der Waals surface area contributed by atoms with E-state index in [0.717, 1.165) is 46.7 Å². The zero-order valence-electron chi connectivity index (χ0n) is 20.0. The number of aromatic nitrogens is 4. The van der Waals surface area contributed by atoms with Crippen molar-refractivity contribution in [3.05, 3.63) is 53.0 Å². The summed E-state index contributed by atoms with van der Waals surface area (Å²) in [6, 6.07) is 7.79. The lowest BCUT2D eigenvalue weighted by molar-refractivity contribution is -0.113. The number of rotatable bonds is 7. The second-order valence-electron chi connectivity index (χ2n) is 9.36. The molecule has 1 amide bonds. The molecule has 0 fully saturated rings. The molecule has 0 saturated carbocycles. The third-order valence-electron chi connectivity index (χ3n) is 6.93. The van der Waals surface area contributed by atoms with E-state index in [0.29, 0.717) is 5.16 Å². The van der Waals surface area contributed by atoms with E-state index in [1.807, 2.05) is 41.9 Å². The summed E-state index contributed by atoms with van der Waals surface area (Å²) in [6.45, 7) is 4.27. The largest absolute Gasteiger partial charge is 0.325 e. The number of aryl methyl sites for hydroxylation is 1. The molecule has 1 aliphatic carbocycles. The summed E-state index contributed by atoms with van der Waals surface area (Å²) in [5.74, 6) is 0.446. The summed E-state index contributed by atoms with van der Waals surface area (Å²) in [5.41, 5.74) is 8.27. The summed E-state index contributed by atoms with van der Waals surface area (Å²) in [5, 5.41) is 12.7. The average Bonchev–Trinajstić information content (AvgIpc) is 3.58. The van der Waals surface area contributed by atoms with Gasteiger partial charge in [0.15, 0.2) is 10.8 Å². The van der Waals surface area contributed by atoms with Crippen LogP contribution in [-0.4, -0.2) is 42.3 Å². The molecule has 3 aromatic rings. The van der Waals surface area contributed by atoms with Crippen molar-refractivity contribution in [2.75, 3.05) is 11.1 Å². The highest BCUT2D eigenvalue weighted by molar-refractivity contribution is 8.00. The Morgan fingerprint density at radius 1 is 1.23 bits per heavy atom. The van der Waals surface area contributed by atoms with Crippen molar-refractivity contribution < 1.29 is 4.79 Å². The van der Waals surface area contributed by atoms with Crippen LogP contribution in [0.5, 0.6) is 0 Å². The highest BCUT2D eigenvalue weighted by Crippen LogP contribution is 2.55. The molecule has 0 saturated heterocycles. The molecule has 6 rings (SSSR count). The van der Waals surface area contributed by atoms with E-state index in [9.17, 15) is 4.79 Å². The minimum atomic E-state index is -0.0697. The van der Waals surface area contributed by atoms with Gasteiger partial charge in [-0.2, -0.15) is 0 Å². The Bertz CT molecular complexity index is 1360. The molecule has 2 atom stereocenters. The number of nitrogens with one attached hydrogen (secondary N) is 1. The molecular weight excluding hydrogens is 476 g/mol. The first kappa shape index (κ1) is 22.8. The van der Waals surface area contributed by atoms with E-state index in [2.05, 4.69) is 22.4 Å². The Morgan fingerprint density at radius 2 is 2.09 bits per heavy atom. The molecule has 0 bridgehead atoms. The van der Waals surface area contributed by atoms with Crippen LogP contribution >= 0.6 is 23.5 Å². The zero-order chi connectivity index (χ0) is 23.9. The van der Waals surface area contributed by atoms with E-state index >= 15 is 0 Å². The number of carbonyl (C=O) groups is 1. The number of aliphatic imine (C=N–C) groups is 1. The lowest BCUT2D eigenvalue weighted by Crippen LogP contribution is -2.21. The average molecular weight is 505 g/mol. The quantitative estimate of drug-likeness (QED) is 0.409. The summed E-state index contributed by atoms with van der Waals surface area (Å²) >= 11 is 3.15. The van der Waals surface area contributed by atoms with Crippen molar-refractivity contribution in [2.45, 2.75) is 73.7 Å². The molecule has 2 aliphatic heterocycles. The summed E-state index contributed by atoms with van der Waals surface area (Å²) < 4.78 is 1.92. The van der Waals surface area contributed by atoms with Gasteiger partial charge in [0.25, 0.3) is 0 Å². The van der Waals surface area contributed by atoms with Crippen LogP contribution in [0.3, 0.4) is 0 Å². The van der Waals surface area contributed by atoms with Gasteiger partial charge in [-0.1, -0.05) is 60.1 Å². The first-order chi connectivity index (χ1) is 17.1. The predicted octanol–water partition coefficient (Wildman–Crippen LogP) is 5.80. The van der Waals surface area contributed by atoms with Gasteiger partial charge in [0.05, 0.1) is 22.3 Å². The van der Waals surface area contributed by atoms with Crippen LogP contribution in [0.25, 0.3) is 5.65 Å². The van der Waals surface area contributed by atoms with Crippen molar-refractivity contribution in [3.63, 3.8) is 0 Å². The molecule has 1 N–H and O–H groups in total. The van der Waals surface area contributed by atoms with E-state index < -0.39 is 0 Å². The summed E-state index contributed by atoms with van der Waals surface area (Å²) in [4.78, 5) is 23.7. The number of anilines is 1. The number of amides is 1. The van der Waals surface area contributed by atoms with Crippen molar-refractivity contribution >= 4 is 46.5 Å². The van der Waals surface area contributed by atoms with Crippen LogP contribution in [-0.2, 0) is 4.79 Å². The third kappa shape index (κ3) is 4.18. The van der Waals surface area contributed by atoms with Crippen LogP contribution < -0.4 is 5.32 Å². The molecular formula is C26H28N6OS2. The maximum Gasteiger partial charge on any atom is 0.234 e. The Kier molecular flexibility index (Phi) is 6.14. The number of nitrogens with zero attached hydrogens (tertiary/aromatic N) is 5. The molecule has 0 spiro atoms. The highest BCUT2D eigenvalue weighted by atomic mass is 32.2. The molecule has 180 valence electrons. The van der Waals surface area contributed by atoms with Gasteiger partial charge in [-0.15, -0.1) is 10.2 Å². The fourth-order valence-corrected chi connectivity index (χ4v) is 7.32. The Morgan fingerprint density at radius 3 is 2.91 bits per heavy atom. The van der Waals surface area contributed by atoms with Gasteiger partial charge in [0, 0.05) is 11.4 Å². The smallest absolute Gasteiger partial charge is 0.234 e. The first-order valence-corrected chi connectivity index (χ1v) is 14.2. The SMILES string of the molecule is CCCCC1=N[C@H]2Sc3c(ncn4c(SCC(=O)Nc5ccc(C)cc5)nnc34)[C@@H]2C2=C1CCC2. The van der Waals surface area contributed by atoms with Crippen LogP contribution in [0.2, 0.25) is 0 Å². The molecule has 7 nitrogen and oxygen atoms in total. The second kappa shape index (κ2) is 9.43. The number of unbranched alkanes of at least 4 members (excludes halogenated alkanes) is 1. The molecule has 2 aromatic heterocycles. The Hall–Kier alpha value is -2.65. The van der Waals surface area contributed by atoms with Crippen LogP contribution in [0.1, 0.15) is 62.6 Å². The fourth-order valence-electron chi connectivity index (χ4n) is 5.22. The Labute approximate surface area is 213 Å². The molecule has 1 aromatic carbocycles. The number of fused-ring (bicyclic) bond motifs is 6. The topological polar surface area (TPSA) is 84.5 Å². The summed E-state index contributed by atoms with van der Waals surface area (Å²) in [6.07, 6.45) is 8.80. The lowest BCUT2D eigenvalue weighted by atomic mass is 9.87. The minimum Gasteiger partial charge on any atom is -0.325 e.